The molecule has 1 heterocycles. The van der Waals surface area contributed by atoms with Gasteiger partial charge in [-0.15, -0.1) is 0 Å². The monoisotopic (exact) mass is 429 g/mol. The molecular formula is C21H27N5O5. The fourth-order valence-corrected chi connectivity index (χ4v) is 3.41. The van der Waals surface area contributed by atoms with Crippen LogP contribution in [0, 0.1) is 35.3 Å². The Bertz CT molecular complexity index is 993. The molecule has 31 heavy (non-hydrogen) atoms. The summed E-state index contributed by atoms with van der Waals surface area (Å²) in [5.41, 5.74) is 3.19. The second-order valence-electron chi connectivity index (χ2n) is 6.97. The molecular weight excluding hydrogens is 402 g/mol. The number of nitriles is 1. The van der Waals surface area contributed by atoms with E-state index in [1.807, 2.05) is 13.8 Å². The van der Waals surface area contributed by atoms with Crippen LogP contribution in [0.2, 0.25) is 0 Å². The smallest absolute Gasteiger partial charge is 0.276 e. The fraction of sp³-hybridized carbons (Fsp3) is 0.476. The van der Waals surface area contributed by atoms with Crippen molar-refractivity contribution in [2.24, 2.45) is 0 Å². The highest BCUT2D eigenvalue weighted by molar-refractivity contribution is 5.76. The molecule has 0 aliphatic rings. The van der Waals surface area contributed by atoms with E-state index in [-0.39, 0.29) is 36.7 Å². The maximum absolute atomic E-state index is 12.3. The number of carbonyl (C=O) groups excluding carboxylic acids is 1. The van der Waals surface area contributed by atoms with Crippen LogP contribution >= 0.6 is 0 Å². The molecule has 0 saturated carbocycles. The molecule has 0 bridgehead atoms. The average Bonchev–Trinajstić information content (AvgIpc) is 3.02. The first-order valence-electron chi connectivity index (χ1n) is 9.88. The number of nitro groups is 1. The van der Waals surface area contributed by atoms with Crippen LogP contribution < -0.4 is 14.8 Å². The first kappa shape index (κ1) is 23.7. The molecule has 0 spiro atoms. The zero-order valence-corrected chi connectivity index (χ0v) is 18.2. The molecule has 1 N–H and O–H groups in total. The Morgan fingerprint density at radius 1 is 1.26 bits per heavy atom. The molecule has 0 aliphatic heterocycles. The number of rotatable bonds is 11. The van der Waals surface area contributed by atoms with Crippen LogP contribution in [-0.4, -0.2) is 41.4 Å². The Labute approximate surface area is 180 Å². The van der Waals surface area contributed by atoms with E-state index < -0.39 is 4.92 Å². The summed E-state index contributed by atoms with van der Waals surface area (Å²) < 4.78 is 12.1. The minimum absolute atomic E-state index is 0.0806. The zero-order valence-electron chi connectivity index (χ0n) is 18.2. The normalized spacial score (nSPS) is 10.4. The Hall–Kier alpha value is -3.61. The molecule has 2 rings (SSSR count). The summed E-state index contributed by atoms with van der Waals surface area (Å²) in [6.07, 6.45) is 1.48. The van der Waals surface area contributed by atoms with E-state index in [1.165, 1.54) is 20.3 Å². The third-order valence-electron chi connectivity index (χ3n) is 5.07. The van der Waals surface area contributed by atoms with Crippen LogP contribution in [0.5, 0.6) is 11.5 Å². The van der Waals surface area contributed by atoms with E-state index in [1.54, 1.807) is 10.7 Å². The van der Waals surface area contributed by atoms with Gasteiger partial charge >= 0.3 is 0 Å². The number of hydrogen-bond donors (Lipinski definition) is 1. The number of aryl methyl sites for hydroxylation is 2. The van der Waals surface area contributed by atoms with Gasteiger partial charge in [0.15, 0.2) is 11.5 Å². The van der Waals surface area contributed by atoms with Crippen molar-refractivity contribution in [2.75, 3.05) is 20.8 Å². The molecule has 1 aromatic heterocycles. The first-order chi connectivity index (χ1) is 14.8. The molecule has 2 aromatic rings. The minimum Gasteiger partial charge on any atom is -0.493 e. The molecule has 0 saturated heterocycles. The number of benzene rings is 1. The third-order valence-corrected chi connectivity index (χ3v) is 5.07. The average molecular weight is 429 g/mol. The lowest BCUT2D eigenvalue weighted by molar-refractivity contribution is -0.385. The van der Waals surface area contributed by atoms with Gasteiger partial charge in [0.05, 0.1) is 49.9 Å². The molecule has 0 aliphatic carbocycles. The number of methoxy groups -OCH3 is 2. The lowest BCUT2D eigenvalue weighted by Crippen LogP contribution is -2.26. The molecule has 1 amide bonds. The highest BCUT2D eigenvalue weighted by atomic mass is 16.6. The Morgan fingerprint density at radius 3 is 2.55 bits per heavy atom. The number of ether oxygens (including phenoxy) is 2. The van der Waals surface area contributed by atoms with Crippen molar-refractivity contribution in [3.63, 3.8) is 0 Å². The van der Waals surface area contributed by atoms with Gasteiger partial charge in [-0.05, 0) is 38.3 Å². The van der Waals surface area contributed by atoms with Crippen molar-refractivity contribution in [1.82, 2.24) is 15.1 Å². The van der Waals surface area contributed by atoms with E-state index in [2.05, 4.69) is 16.5 Å². The zero-order chi connectivity index (χ0) is 23.0. The third kappa shape index (κ3) is 5.94. The number of nitrogens with zero attached hydrogens (tertiary/aromatic N) is 4. The molecule has 1 aromatic carbocycles. The van der Waals surface area contributed by atoms with Gasteiger partial charge in [0.1, 0.15) is 0 Å². The predicted molar refractivity (Wildman–Crippen MR) is 113 cm³/mol. The Morgan fingerprint density at radius 2 is 1.94 bits per heavy atom. The van der Waals surface area contributed by atoms with Crippen molar-refractivity contribution in [3.8, 4) is 17.6 Å². The number of nitro benzene ring substituents is 1. The van der Waals surface area contributed by atoms with Crippen LogP contribution in [0.1, 0.15) is 35.4 Å². The topological polar surface area (TPSA) is 132 Å². The Balaban J connectivity index is 1.95. The summed E-state index contributed by atoms with van der Waals surface area (Å²) in [5.74, 6) is 0.531. The lowest BCUT2D eigenvalue weighted by Gasteiger charge is -2.11. The van der Waals surface area contributed by atoms with Crippen molar-refractivity contribution in [3.05, 3.63) is 44.8 Å². The van der Waals surface area contributed by atoms with Gasteiger partial charge < -0.3 is 14.8 Å². The number of aromatic nitrogens is 2. The number of nitrogens with one attached hydrogen (secondary N) is 1. The van der Waals surface area contributed by atoms with Crippen LogP contribution in [0.4, 0.5) is 5.69 Å². The predicted octanol–water partition coefficient (Wildman–Crippen LogP) is 2.63. The van der Waals surface area contributed by atoms with E-state index in [0.717, 1.165) is 17.0 Å². The first-order valence-corrected chi connectivity index (χ1v) is 9.88. The quantitative estimate of drug-likeness (QED) is 0.429. The maximum atomic E-state index is 12.3. The number of hydrogen-bond acceptors (Lipinski definition) is 7. The van der Waals surface area contributed by atoms with Crippen LogP contribution in [0.3, 0.4) is 0 Å². The Kier molecular flexibility index (Phi) is 8.37. The van der Waals surface area contributed by atoms with E-state index >= 15 is 0 Å². The highest BCUT2D eigenvalue weighted by Crippen LogP contribution is 2.34. The second-order valence-corrected chi connectivity index (χ2v) is 6.97. The van der Waals surface area contributed by atoms with Gasteiger partial charge in [0, 0.05) is 24.2 Å². The molecule has 10 nitrogen and oxygen atoms in total. The van der Waals surface area contributed by atoms with Crippen LogP contribution in [-0.2, 0) is 24.2 Å². The summed E-state index contributed by atoms with van der Waals surface area (Å²) in [7, 11) is 2.87. The van der Waals surface area contributed by atoms with Crippen LogP contribution in [0.15, 0.2) is 12.1 Å². The molecule has 0 unspecified atom stereocenters. The van der Waals surface area contributed by atoms with E-state index in [4.69, 9.17) is 14.7 Å². The maximum Gasteiger partial charge on any atom is 0.276 e. The van der Waals surface area contributed by atoms with Gasteiger partial charge in [-0.1, -0.05) is 0 Å². The molecule has 10 heteroatoms. The number of amides is 1. The van der Waals surface area contributed by atoms with Crippen LogP contribution in [0.25, 0.3) is 0 Å². The van der Waals surface area contributed by atoms with Gasteiger partial charge in [-0.25, -0.2) is 0 Å². The van der Waals surface area contributed by atoms with Crippen molar-refractivity contribution < 1.29 is 19.2 Å². The second kappa shape index (κ2) is 11.0. The summed E-state index contributed by atoms with van der Waals surface area (Å²) >= 11 is 0. The molecule has 0 radical (unpaired) electrons. The minimum atomic E-state index is -0.478. The SMILES string of the molecule is COc1cc(CCNC(=O)CCc2c(C)nn(CCC#N)c2C)c([N+](=O)[O-])cc1OC. The van der Waals surface area contributed by atoms with Gasteiger partial charge in [-0.2, -0.15) is 10.4 Å². The fourth-order valence-electron chi connectivity index (χ4n) is 3.41. The van der Waals surface area contributed by atoms with E-state index in [9.17, 15) is 14.9 Å². The summed E-state index contributed by atoms with van der Waals surface area (Å²) in [4.78, 5) is 23.2. The van der Waals surface area contributed by atoms with Crippen molar-refractivity contribution in [2.45, 2.75) is 46.1 Å². The molecule has 0 fully saturated rings. The highest BCUT2D eigenvalue weighted by Gasteiger charge is 2.19. The summed E-state index contributed by atoms with van der Waals surface area (Å²) in [5, 5.41) is 27.4. The summed E-state index contributed by atoms with van der Waals surface area (Å²) in [6.45, 7) is 4.61. The molecule has 166 valence electrons. The van der Waals surface area contributed by atoms with Crippen molar-refractivity contribution in [1.29, 1.82) is 5.26 Å². The van der Waals surface area contributed by atoms with Crippen molar-refractivity contribution >= 4 is 11.6 Å². The standard InChI is InChI=1S/C21H27N5O5/c1-14-17(15(2)25(24-14)11-5-9-22)6-7-21(27)23-10-8-16-12-19(30-3)20(31-4)13-18(16)26(28)29/h12-13H,5-8,10-11H2,1-4H3,(H,23,27). The van der Waals surface area contributed by atoms with Gasteiger partial charge in [0.2, 0.25) is 5.91 Å². The summed E-state index contributed by atoms with van der Waals surface area (Å²) in [6, 6.07) is 4.99. The largest absolute Gasteiger partial charge is 0.493 e. The lowest BCUT2D eigenvalue weighted by atomic mass is 10.1. The van der Waals surface area contributed by atoms with Gasteiger partial charge in [-0.3, -0.25) is 19.6 Å². The molecule has 0 atom stereocenters. The number of carbonyl (C=O) groups is 1. The van der Waals surface area contributed by atoms with E-state index in [0.29, 0.717) is 30.7 Å². The van der Waals surface area contributed by atoms with Gasteiger partial charge in [0.25, 0.3) is 5.69 Å².